The average Bonchev–Trinajstić information content (AvgIpc) is 3.11. The van der Waals surface area contributed by atoms with Crippen molar-refractivity contribution in [1.82, 2.24) is 29.9 Å². The molecule has 3 amide bonds. The monoisotopic (exact) mass is 598 g/mol. The molecule has 2 aromatic carbocycles. The number of urea groups is 1. The van der Waals surface area contributed by atoms with Crippen molar-refractivity contribution in [2.75, 3.05) is 7.05 Å². The van der Waals surface area contributed by atoms with E-state index in [1.807, 2.05) is 89.8 Å². The highest BCUT2D eigenvalue weighted by Gasteiger charge is 2.32. The summed E-state index contributed by atoms with van der Waals surface area (Å²) in [5, 5.41) is 3.02. The smallest absolute Gasteiger partial charge is 0.316 e. The number of rotatable bonds is 12. The Balaban J connectivity index is 1.51. The Morgan fingerprint density at radius 2 is 1.02 bits per heavy atom. The third-order valence-corrected chi connectivity index (χ3v) is 7.89. The van der Waals surface area contributed by atoms with E-state index in [-0.39, 0.29) is 24.5 Å². The lowest BCUT2D eigenvalue weighted by molar-refractivity contribution is 0.00687. The molecule has 5 aromatic rings. The lowest BCUT2D eigenvalue weighted by Crippen LogP contribution is -2.54. The molecule has 3 heterocycles. The van der Waals surface area contributed by atoms with Gasteiger partial charge in [0, 0.05) is 62.4 Å². The van der Waals surface area contributed by atoms with Gasteiger partial charge in [0.15, 0.2) is 0 Å². The highest BCUT2D eigenvalue weighted by Crippen LogP contribution is 2.23. The van der Waals surface area contributed by atoms with Gasteiger partial charge >= 0.3 is 6.03 Å². The normalized spacial score (nSPS) is 10.8. The third-order valence-electron chi connectivity index (χ3n) is 7.89. The van der Waals surface area contributed by atoms with E-state index in [0.717, 1.165) is 47.9 Å². The van der Waals surface area contributed by atoms with Crippen LogP contribution in [0.1, 0.15) is 45.5 Å². The van der Waals surface area contributed by atoms with Crippen LogP contribution in [0.5, 0.6) is 0 Å². The van der Waals surface area contributed by atoms with Crippen molar-refractivity contribution in [2.24, 2.45) is 0 Å². The maximum atomic E-state index is 14.9. The maximum Gasteiger partial charge on any atom is 0.339 e. The molecule has 0 N–H and O–H groups in total. The molecule has 228 valence electrons. The summed E-state index contributed by atoms with van der Waals surface area (Å²) in [6.45, 7) is 0.611. The summed E-state index contributed by atoms with van der Waals surface area (Å²) in [4.78, 5) is 43.1. The Labute approximate surface area is 265 Å². The second-order valence-electron chi connectivity index (χ2n) is 10.9. The molecule has 0 atom stereocenters. The maximum absolute atomic E-state index is 14.9. The number of hydrazine groups is 1. The zero-order valence-corrected chi connectivity index (χ0v) is 25.5. The molecule has 0 fully saturated rings. The summed E-state index contributed by atoms with van der Waals surface area (Å²) in [5.74, 6) is -0.256. The van der Waals surface area contributed by atoms with Crippen molar-refractivity contribution in [2.45, 2.75) is 44.8 Å². The molecule has 0 aliphatic heterocycles. The van der Waals surface area contributed by atoms with Crippen LogP contribution in [0.4, 0.5) is 4.79 Å². The van der Waals surface area contributed by atoms with Gasteiger partial charge < -0.3 is 4.90 Å². The number of nitrogens with zero attached hydrogens (tertiary/aromatic N) is 6. The number of amides is 3. The van der Waals surface area contributed by atoms with Crippen LogP contribution in [0, 0.1) is 0 Å². The van der Waals surface area contributed by atoms with E-state index in [4.69, 9.17) is 0 Å². The zero-order valence-electron chi connectivity index (χ0n) is 25.5. The average molecular weight is 599 g/mol. The lowest BCUT2D eigenvalue weighted by atomic mass is 9.98. The van der Waals surface area contributed by atoms with E-state index < -0.39 is 0 Å². The van der Waals surface area contributed by atoms with Gasteiger partial charge in [0.1, 0.15) is 0 Å². The van der Waals surface area contributed by atoms with Crippen LogP contribution < -0.4 is 0 Å². The van der Waals surface area contributed by atoms with Crippen LogP contribution in [0.25, 0.3) is 0 Å². The number of carbonyl (C=O) groups is 2. The van der Waals surface area contributed by atoms with Gasteiger partial charge in [-0.05, 0) is 96.5 Å². The topological polar surface area (TPSA) is 82.5 Å². The Morgan fingerprint density at radius 1 is 0.578 bits per heavy atom. The predicted octanol–water partition coefficient (Wildman–Crippen LogP) is 6.62. The third kappa shape index (κ3) is 8.83. The van der Waals surface area contributed by atoms with Crippen molar-refractivity contribution in [3.05, 3.63) is 162 Å². The van der Waals surface area contributed by atoms with Crippen molar-refractivity contribution in [3.8, 4) is 0 Å². The largest absolute Gasteiger partial charge is 0.339 e. The first-order valence-corrected chi connectivity index (χ1v) is 15.2. The molecule has 0 bridgehead atoms. The van der Waals surface area contributed by atoms with Crippen LogP contribution in [0.15, 0.2) is 134 Å². The van der Waals surface area contributed by atoms with Crippen LogP contribution in [0.3, 0.4) is 0 Å². The fourth-order valence-electron chi connectivity index (χ4n) is 5.34. The van der Waals surface area contributed by atoms with Gasteiger partial charge in [-0.2, -0.15) is 0 Å². The number of aromatic nitrogens is 3. The number of pyridine rings is 3. The fraction of sp³-hybridized carbons (Fsp3) is 0.216. The minimum absolute atomic E-state index is 0.134. The SMILES string of the molecule is CN(C(=O)c1ccccc1)N(Cc1ccccc1)C(=O)N(Cc1ccncc1)C(CCc1ccncc1)CCc1ccncc1. The summed E-state index contributed by atoms with van der Waals surface area (Å²) in [7, 11) is 1.67. The van der Waals surface area contributed by atoms with Crippen LogP contribution >= 0.6 is 0 Å². The molecule has 0 radical (unpaired) electrons. The number of aryl methyl sites for hydroxylation is 2. The van der Waals surface area contributed by atoms with Gasteiger partial charge in [-0.1, -0.05) is 48.5 Å². The van der Waals surface area contributed by atoms with Gasteiger partial charge in [0.25, 0.3) is 5.91 Å². The highest BCUT2D eigenvalue weighted by molar-refractivity contribution is 5.95. The molecule has 0 aliphatic carbocycles. The van der Waals surface area contributed by atoms with Gasteiger partial charge in [0.05, 0.1) is 6.54 Å². The van der Waals surface area contributed by atoms with E-state index in [2.05, 4.69) is 15.0 Å². The highest BCUT2D eigenvalue weighted by atomic mass is 16.2. The number of carbonyl (C=O) groups excluding carboxylic acids is 2. The minimum atomic E-state index is -0.256. The Hall–Kier alpha value is -5.37. The first-order valence-electron chi connectivity index (χ1n) is 15.2. The van der Waals surface area contributed by atoms with E-state index in [0.29, 0.717) is 12.1 Å². The van der Waals surface area contributed by atoms with Gasteiger partial charge in [-0.25, -0.2) is 14.8 Å². The Bertz CT molecular complexity index is 1560. The number of hydrogen-bond acceptors (Lipinski definition) is 5. The van der Waals surface area contributed by atoms with E-state index in [1.54, 1.807) is 61.4 Å². The molecule has 0 aliphatic rings. The molecule has 0 saturated carbocycles. The molecule has 0 spiro atoms. The van der Waals surface area contributed by atoms with Crippen LogP contribution in [-0.2, 0) is 25.9 Å². The molecular weight excluding hydrogens is 560 g/mol. The standard InChI is InChI=1S/C37H38N6O2/c1-41(36(44)34-10-6-3-7-11-34)43(29-32-8-4-2-5-9-32)37(45)42(28-33-20-26-40-27-21-33)35(14-12-30-16-22-38-23-17-30)15-13-31-18-24-39-25-19-31/h2-11,16-27,35H,12-15,28-29H2,1H3. The lowest BCUT2D eigenvalue weighted by Gasteiger charge is -2.40. The van der Waals surface area contributed by atoms with Crippen molar-refractivity contribution in [1.29, 1.82) is 0 Å². The van der Waals surface area contributed by atoms with Gasteiger partial charge in [-0.3, -0.25) is 19.7 Å². The summed E-state index contributed by atoms with van der Waals surface area (Å²) in [6, 6.07) is 30.4. The second-order valence-corrected chi connectivity index (χ2v) is 10.9. The summed E-state index contributed by atoms with van der Waals surface area (Å²) in [6.07, 6.45) is 13.7. The van der Waals surface area contributed by atoms with Crippen LogP contribution in [0.2, 0.25) is 0 Å². The first-order chi connectivity index (χ1) is 22.1. The van der Waals surface area contributed by atoms with Gasteiger partial charge in [0.2, 0.25) is 0 Å². The zero-order chi connectivity index (χ0) is 31.3. The molecular formula is C37H38N6O2. The molecule has 8 nitrogen and oxygen atoms in total. The van der Waals surface area contributed by atoms with E-state index in [9.17, 15) is 9.59 Å². The minimum Gasteiger partial charge on any atom is -0.316 e. The summed E-state index contributed by atoms with van der Waals surface area (Å²) >= 11 is 0. The van der Waals surface area contributed by atoms with E-state index >= 15 is 0 Å². The van der Waals surface area contributed by atoms with Crippen LogP contribution in [-0.4, -0.2) is 54.9 Å². The molecule has 5 rings (SSSR count). The summed E-state index contributed by atoms with van der Waals surface area (Å²) in [5.41, 5.74) is 4.72. The molecule has 8 heteroatoms. The predicted molar refractivity (Wildman–Crippen MR) is 175 cm³/mol. The molecule has 0 unspecified atom stereocenters. The first kappa shape index (κ1) is 31.1. The molecule has 45 heavy (non-hydrogen) atoms. The molecule has 3 aromatic heterocycles. The van der Waals surface area contributed by atoms with Crippen molar-refractivity contribution in [3.63, 3.8) is 0 Å². The van der Waals surface area contributed by atoms with Crippen molar-refractivity contribution >= 4 is 11.9 Å². The molecule has 0 saturated heterocycles. The van der Waals surface area contributed by atoms with E-state index in [1.165, 1.54) is 5.01 Å². The fourth-order valence-corrected chi connectivity index (χ4v) is 5.34. The summed E-state index contributed by atoms with van der Waals surface area (Å²) < 4.78 is 0. The Kier molecular flexibility index (Phi) is 11.0. The van der Waals surface area contributed by atoms with Gasteiger partial charge in [-0.15, -0.1) is 0 Å². The number of hydrogen-bond donors (Lipinski definition) is 0. The quantitative estimate of drug-likeness (QED) is 0.151. The number of benzene rings is 2. The Morgan fingerprint density at radius 3 is 1.53 bits per heavy atom. The van der Waals surface area contributed by atoms with Crippen molar-refractivity contribution < 1.29 is 9.59 Å². The second kappa shape index (κ2) is 15.9.